The first-order valence-electron chi connectivity index (χ1n) is 4.21. The fourth-order valence-electron chi connectivity index (χ4n) is 0.831. The highest BCUT2D eigenvalue weighted by molar-refractivity contribution is 6.01. The van der Waals surface area contributed by atoms with Crippen LogP contribution in [0.5, 0.6) is 0 Å². The predicted octanol–water partition coefficient (Wildman–Crippen LogP) is 1.87. The fraction of sp³-hybridized carbons (Fsp3) is 0.556. The zero-order valence-electron chi connectivity index (χ0n) is 8.04. The van der Waals surface area contributed by atoms with Gasteiger partial charge in [0.15, 0.2) is 0 Å². The first kappa shape index (κ1) is 11.7. The Morgan fingerprint density at radius 2 is 2.00 bits per heavy atom. The lowest BCUT2D eigenvalue weighted by Crippen LogP contribution is -2.36. The summed E-state index contributed by atoms with van der Waals surface area (Å²) in [5, 5.41) is 8.68. The minimum absolute atomic E-state index is 0.248. The van der Waals surface area contributed by atoms with Gasteiger partial charge in [-0.15, -0.1) is 0 Å². The van der Waals surface area contributed by atoms with Gasteiger partial charge in [0.05, 0.1) is 0 Å². The number of carboxylic acid groups (broad SMARTS) is 1. The summed E-state index contributed by atoms with van der Waals surface area (Å²) in [5.74, 6) is -0.513. The van der Waals surface area contributed by atoms with Crippen LogP contribution in [0.2, 0.25) is 0 Å². The van der Waals surface area contributed by atoms with Gasteiger partial charge in [-0.25, -0.2) is 9.69 Å². The third-order valence-corrected chi connectivity index (χ3v) is 1.58. The van der Waals surface area contributed by atoms with Crippen molar-refractivity contribution in [2.24, 2.45) is 0 Å². The second kappa shape index (κ2) is 5.35. The number of nitrogens with zero attached hydrogens (tertiary/aromatic N) is 1. The van der Waals surface area contributed by atoms with Crippen molar-refractivity contribution >= 4 is 12.0 Å². The van der Waals surface area contributed by atoms with E-state index in [0.29, 0.717) is 6.42 Å². The molecule has 0 saturated carbocycles. The van der Waals surface area contributed by atoms with Crippen LogP contribution in [0.15, 0.2) is 12.2 Å². The van der Waals surface area contributed by atoms with E-state index in [9.17, 15) is 9.59 Å². The molecule has 13 heavy (non-hydrogen) atoms. The minimum Gasteiger partial charge on any atom is -0.465 e. The van der Waals surface area contributed by atoms with E-state index < -0.39 is 12.0 Å². The largest absolute Gasteiger partial charge is 0.465 e. The van der Waals surface area contributed by atoms with Gasteiger partial charge in [-0.2, -0.15) is 0 Å². The number of hydrogen-bond acceptors (Lipinski definition) is 2. The standard InChI is InChI=1S/C9H15NO3/c1-4-5-6-10(9(12)13)8(11)7(2)3/h2,4-6H2,1,3H3,(H,12,13). The van der Waals surface area contributed by atoms with Crippen LogP contribution in [-0.2, 0) is 4.79 Å². The van der Waals surface area contributed by atoms with Crippen molar-refractivity contribution in [3.8, 4) is 0 Å². The van der Waals surface area contributed by atoms with Gasteiger partial charge >= 0.3 is 6.09 Å². The molecule has 1 N–H and O–H groups in total. The molecule has 0 aromatic rings. The van der Waals surface area contributed by atoms with E-state index in [1.165, 1.54) is 6.92 Å². The van der Waals surface area contributed by atoms with Gasteiger partial charge in [0, 0.05) is 12.1 Å². The van der Waals surface area contributed by atoms with E-state index in [0.717, 1.165) is 11.3 Å². The summed E-state index contributed by atoms with van der Waals surface area (Å²) in [6.45, 7) is 7.10. The molecular weight excluding hydrogens is 170 g/mol. The second-order valence-electron chi connectivity index (χ2n) is 2.87. The molecule has 2 amide bonds. The summed E-state index contributed by atoms with van der Waals surface area (Å²) in [5.41, 5.74) is 0.249. The Balaban J connectivity index is 4.33. The quantitative estimate of drug-likeness (QED) is 0.680. The van der Waals surface area contributed by atoms with Crippen molar-refractivity contribution < 1.29 is 14.7 Å². The van der Waals surface area contributed by atoms with Gasteiger partial charge in [-0.3, -0.25) is 4.79 Å². The van der Waals surface area contributed by atoms with Crippen LogP contribution in [-0.4, -0.2) is 28.6 Å². The molecule has 0 aromatic carbocycles. The molecule has 0 bridgehead atoms. The Kier molecular flexibility index (Phi) is 4.80. The molecule has 0 atom stereocenters. The first-order chi connectivity index (χ1) is 6.00. The van der Waals surface area contributed by atoms with E-state index in [1.807, 2.05) is 6.92 Å². The SMILES string of the molecule is C=C(C)C(=O)N(CCCC)C(=O)O. The zero-order chi connectivity index (χ0) is 10.4. The van der Waals surface area contributed by atoms with Crippen molar-refractivity contribution in [1.82, 2.24) is 4.90 Å². The molecule has 0 aromatic heterocycles. The molecule has 4 heteroatoms. The molecule has 0 aliphatic rings. The molecule has 0 aliphatic carbocycles. The average Bonchev–Trinajstić information content (AvgIpc) is 2.04. The molecule has 0 fully saturated rings. The van der Waals surface area contributed by atoms with Gasteiger partial charge in [0.25, 0.3) is 5.91 Å². The maximum Gasteiger partial charge on any atom is 0.414 e. The highest BCUT2D eigenvalue weighted by Crippen LogP contribution is 2.02. The first-order valence-corrected chi connectivity index (χ1v) is 4.21. The smallest absolute Gasteiger partial charge is 0.414 e. The molecule has 0 rings (SSSR count). The van der Waals surface area contributed by atoms with E-state index in [4.69, 9.17) is 5.11 Å². The molecular formula is C9H15NO3. The number of hydrogen-bond donors (Lipinski definition) is 1. The van der Waals surface area contributed by atoms with Crippen LogP contribution in [0.4, 0.5) is 4.79 Å². The Hall–Kier alpha value is -1.32. The van der Waals surface area contributed by atoms with Crippen LogP contribution >= 0.6 is 0 Å². The minimum atomic E-state index is -1.21. The zero-order valence-corrected chi connectivity index (χ0v) is 8.04. The highest BCUT2D eigenvalue weighted by atomic mass is 16.4. The summed E-state index contributed by atoms with van der Waals surface area (Å²) in [7, 11) is 0. The second-order valence-corrected chi connectivity index (χ2v) is 2.87. The fourth-order valence-corrected chi connectivity index (χ4v) is 0.831. The number of rotatable bonds is 4. The summed E-state index contributed by atoms with van der Waals surface area (Å²) in [6.07, 6.45) is 0.333. The molecule has 74 valence electrons. The van der Waals surface area contributed by atoms with Crippen LogP contribution < -0.4 is 0 Å². The molecule has 0 heterocycles. The Morgan fingerprint density at radius 1 is 1.46 bits per heavy atom. The van der Waals surface area contributed by atoms with Crippen LogP contribution in [0.25, 0.3) is 0 Å². The maximum atomic E-state index is 11.2. The number of imide groups is 1. The monoisotopic (exact) mass is 185 g/mol. The summed E-state index contributed by atoms with van der Waals surface area (Å²) in [6, 6.07) is 0. The van der Waals surface area contributed by atoms with Gasteiger partial charge in [-0.1, -0.05) is 19.9 Å². The van der Waals surface area contributed by atoms with Gasteiger partial charge in [0.2, 0.25) is 0 Å². The van der Waals surface area contributed by atoms with Gasteiger partial charge < -0.3 is 5.11 Å². The van der Waals surface area contributed by atoms with E-state index in [1.54, 1.807) is 0 Å². The number of carbonyl (C=O) groups is 2. The molecule has 4 nitrogen and oxygen atoms in total. The van der Waals surface area contributed by atoms with Gasteiger partial charge in [0.1, 0.15) is 0 Å². The van der Waals surface area contributed by atoms with Crippen molar-refractivity contribution in [3.63, 3.8) is 0 Å². The number of amides is 2. The lowest BCUT2D eigenvalue weighted by atomic mass is 10.2. The van der Waals surface area contributed by atoms with Crippen molar-refractivity contribution in [3.05, 3.63) is 12.2 Å². The third kappa shape index (κ3) is 3.73. The van der Waals surface area contributed by atoms with E-state index in [2.05, 4.69) is 6.58 Å². The Labute approximate surface area is 77.8 Å². The predicted molar refractivity (Wildman–Crippen MR) is 49.5 cm³/mol. The molecule has 0 aliphatic heterocycles. The maximum absolute atomic E-state index is 11.2. The van der Waals surface area contributed by atoms with Crippen LogP contribution in [0, 0.1) is 0 Å². The molecule has 0 saturated heterocycles. The number of unbranched alkanes of at least 4 members (excludes halogenated alkanes) is 1. The van der Waals surface area contributed by atoms with E-state index >= 15 is 0 Å². The third-order valence-electron chi connectivity index (χ3n) is 1.58. The Bertz CT molecular complexity index is 223. The van der Waals surface area contributed by atoms with Crippen LogP contribution in [0.3, 0.4) is 0 Å². The lowest BCUT2D eigenvalue weighted by molar-refractivity contribution is -0.125. The Morgan fingerprint density at radius 3 is 2.31 bits per heavy atom. The summed E-state index contributed by atoms with van der Waals surface area (Å²) >= 11 is 0. The lowest BCUT2D eigenvalue weighted by Gasteiger charge is -2.16. The molecule has 0 radical (unpaired) electrons. The number of carbonyl (C=O) groups excluding carboxylic acids is 1. The summed E-state index contributed by atoms with van der Waals surface area (Å²) in [4.78, 5) is 22.6. The van der Waals surface area contributed by atoms with Crippen molar-refractivity contribution in [2.75, 3.05) is 6.54 Å². The summed E-state index contributed by atoms with van der Waals surface area (Å²) < 4.78 is 0. The van der Waals surface area contributed by atoms with Gasteiger partial charge in [-0.05, 0) is 13.3 Å². The van der Waals surface area contributed by atoms with Crippen molar-refractivity contribution in [2.45, 2.75) is 26.7 Å². The normalized spacial score (nSPS) is 9.38. The topological polar surface area (TPSA) is 57.6 Å². The van der Waals surface area contributed by atoms with E-state index in [-0.39, 0.29) is 12.1 Å². The highest BCUT2D eigenvalue weighted by Gasteiger charge is 2.19. The van der Waals surface area contributed by atoms with Crippen LogP contribution in [0.1, 0.15) is 26.7 Å². The molecule has 0 unspecified atom stereocenters. The van der Waals surface area contributed by atoms with Crippen molar-refractivity contribution in [1.29, 1.82) is 0 Å². The molecule has 0 spiro atoms. The average molecular weight is 185 g/mol.